The fourth-order valence-electron chi connectivity index (χ4n) is 0.314. The first-order valence-electron chi connectivity index (χ1n) is 2.46. The summed E-state index contributed by atoms with van der Waals surface area (Å²) in [5.41, 5.74) is 7.69. The van der Waals surface area contributed by atoms with Gasteiger partial charge in [0.05, 0.1) is 6.42 Å². The number of azide groups is 1. The number of rotatable bonds is 3. The van der Waals surface area contributed by atoms with Crippen LogP contribution in [0, 0.1) is 0 Å². The molecule has 0 atom stereocenters. The van der Waals surface area contributed by atoms with Gasteiger partial charge in [-0.3, -0.25) is 9.59 Å². The van der Waals surface area contributed by atoms with Crippen molar-refractivity contribution in [1.29, 1.82) is 0 Å². The smallest absolute Gasteiger partial charge is 0.303 e. The molecule has 0 bridgehead atoms. The number of carbonyl (C=O) groups excluding carboxylic acids is 1. The predicted octanol–water partition coefficient (Wildman–Crippen LogP) is 0.688. The fourth-order valence-corrected chi connectivity index (χ4v) is 0.314. The normalized spacial score (nSPS) is 8.00. The summed E-state index contributed by atoms with van der Waals surface area (Å²) in [6.45, 7) is 0. The van der Waals surface area contributed by atoms with E-state index in [0.717, 1.165) is 0 Å². The molecule has 0 aliphatic carbocycles. The van der Waals surface area contributed by atoms with Crippen LogP contribution in [0.15, 0.2) is 5.11 Å². The van der Waals surface area contributed by atoms with E-state index in [9.17, 15) is 9.59 Å². The molecule has 0 saturated carbocycles. The number of amides is 1. The molecule has 10 heavy (non-hydrogen) atoms. The summed E-state index contributed by atoms with van der Waals surface area (Å²) >= 11 is 0. The molecular weight excluding hydrogens is 138 g/mol. The Hall–Kier alpha value is -1.55. The number of hydrogen-bond donors (Lipinski definition) is 1. The lowest BCUT2D eigenvalue weighted by Crippen LogP contribution is -1.99. The zero-order valence-corrected chi connectivity index (χ0v) is 5.02. The van der Waals surface area contributed by atoms with Crippen molar-refractivity contribution in [3.63, 3.8) is 0 Å². The average molecular weight is 143 g/mol. The van der Waals surface area contributed by atoms with Gasteiger partial charge in [0.1, 0.15) is 0 Å². The van der Waals surface area contributed by atoms with Gasteiger partial charge in [-0.05, 0) is 10.6 Å². The van der Waals surface area contributed by atoms with Crippen molar-refractivity contribution in [2.45, 2.75) is 12.8 Å². The summed E-state index contributed by atoms with van der Waals surface area (Å²) in [6.07, 6.45) is -0.531. The minimum atomic E-state index is -1.08. The Morgan fingerprint density at radius 1 is 1.50 bits per heavy atom. The molecule has 0 aromatic heterocycles. The third-order valence-electron chi connectivity index (χ3n) is 0.709. The molecule has 1 amide bonds. The van der Waals surface area contributed by atoms with E-state index in [1.165, 1.54) is 0 Å². The van der Waals surface area contributed by atoms with Gasteiger partial charge >= 0.3 is 5.97 Å². The van der Waals surface area contributed by atoms with Crippen molar-refractivity contribution in [2.24, 2.45) is 5.11 Å². The Morgan fingerprint density at radius 2 is 2.10 bits per heavy atom. The van der Waals surface area contributed by atoms with Crippen molar-refractivity contribution < 1.29 is 14.7 Å². The third kappa shape index (κ3) is 4.61. The minimum absolute atomic E-state index is 0.237. The van der Waals surface area contributed by atoms with Gasteiger partial charge in [0.15, 0.2) is 0 Å². The number of aliphatic carboxylic acids is 1. The van der Waals surface area contributed by atoms with Gasteiger partial charge in [-0.2, -0.15) is 0 Å². The van der Waals surface area contributed by atoms with Crippen molar-refractivity contribution in [2.75, 3.05) is 0 Å². The molecule has 54 valence electrons. The first-order valence-corrected chi connectivity index (χ1v) is 2.46. The van der Waals surface area contributed by atoms with Crippen LogP contribution in [0.4, 0.5) is 0 Å². The number of carboxylic acid groups (broad SMARTS) is 1. The van der Waals surface area contributed by atoms with Crippen LogP contribution < -0.4 is 0 Å². The van der Waals surface area contributed by atoms with Gasteiger partial charge in [0.2, 0.25) is 5.91 Å². The Kier molecular flexibility index (Phi) is 3.67. The second-order valence-electron chi connectivity index (χ2n) is 1.48. The molecule has 0 fully saturated rings. The minimum Gasteiger partial charge on any atom is -0.481 e. The average Bonchev–Trinajstić information content (AvgIpc) is 1.85. The van der Waals surface area contributed by atoms with Crippen LogP contribution in [-0.2, 0) is 9.59 Å². The second-order valence-corrected chi connectivity index (χ2v) is 1.48. The molecule has 0 saturated heterocycles. The summed E-state index contributed by atoms with van der Waals surface area (Å²) in [4.78, 5) is 22.3. The summed E-state index contributed by atoms with van der Waals surface area (Å²) in [6, 6.07) is 0. The predicted molar refractivity (Wildman–Crippen MR) is 31.0 cm³/mol. The third-order valence-corrected chi connectivity index (χ3v) is 0.709. The molecule has 0 aromatic carbocycles. The molecule has 0 rings (SSSR count). The maximum Gasteiger partial charge on any atom is 0.303 e. The van der Waals surface area contributed by atoms with Crippen LogP contribution >= 0.6 is 0 Å². The van der Waals surface area contributed by atoms with E-state index >= 15 is 0 Å². The highest BCUT2D eigenvalue weighted by molar-refractivity contribution is 5.81. The van der Waals surface area contributed by atoms with Gasteiger partial charge < -0.3 is 5.11 Å². The van der Waals surface area contributed by atoms with E-state index < -0.39 is 11.9 Å². The highest BCUT2D eigenvalue weighted by Crippen LogP contribution is 1.91. The lowest BCUT2D eigenvalue weighted by atomic mass is 10.3. The molecule has 0 aromatic rings. The van der Waals surface area contributed by atoms with Gasteiger partial charge in [-0.25, -0.2) is 0 Å². The summed E-state index contributed by atoms with van der Waals surface area (Å²) in [7, 11) is 0. The lowest BCUT2D eigenvalue weighted by molar-refractivity contribution is -0.138. The Balaban J connectivity index is 3.60. The van der Waals surface area contributed by atoms with Crippen molar-refractivity contribution in [3.05, 3.63) is 10.4 Å². The number of hydrogen-bond acceptors (Lipinski definition) is 2. The monoisotopic (exact) mass is 143 g/mol. The van der Waals surface area contributed by atoms with Gasteiger partial charge in [0.25, 0.3) is 0 Å². The molecule has 1 N–H and O–H groups in total. The number of carbonyl (C=O) groups is 2. The standard InChI is InChI=1S/C4H5N3O3/c5-7-6-3(8)1-2-4(9)10/h1-2H2,(H,9,10). The molecule has 0 aliphatic heterocycles. The van der Waals surface area contributed by atoms with Crippen molar-refractivity contribution >= 4 is 11.9 Å². The zero-order chi connectivity index (χ0) is 7.98. The molecule has 6 heteroatoms. The molecule has 0 spiro atoms. The van der Waals surface area contributed by atoms with E-state index in [2.05, 4.69) is 10.0 Å². The second kappa shape index (κ2) is 4.34. The van der Waals surface area contributed by atoms with Crippen molar-refractivity contribution in [3.8, 4) is 0 Å². The van der Waals surface area contributed by atoms with E-state index in [-0.39, 0.29) is 12.8 Å². The molecule has 6 nitrogen and oxygen atoms in total. The van der Waals surface area contributed by atoms with Crippen LogP contribution in [0.1, 0.15) is 12.8 Å². The maximum atomic E-state index is 10.3. The van der Waals surface area contributed by atoms with Crippen LogP contribution in [0.3, 0.4) is 0 Å². The van der Waals surface area contributed by atoms with Crippen LogP contribution in [0.5, 0.6) is 0 Å². The summed E-state index contributed by atoms with van der Waals surface area (Å²) in [5, 5.41) is 10.7. The molecular formula is C4H5N3O3. The summed E-state index contributed by atoms with van der Waals surface area (Å²) < 4.78 is 0. The Labute approximate surface area is 56.1 Å². The van der Waals surface area contributed by atoms with E-state index in [0.29, 0.717) is 0 Å². The molecule has 0 radical (unpaired) electrons. The quantitative estimate of drug-likeness (QED) is 0.357. The van der Waals surface area contributed by atoms with E-state index in [4.69, 9.17) is 10.6 Å². The fraction of sp³-hybridized carbons (Fsp3) is 0.500. The Bertz CT molecular complexity index is 194. The van der Waals surface area contributed by atoms with Crippen LogP contribution in [-0.4, -0.2) is 17.0 Å². The van der Waals surface area contributed by atoms with Gasteiger partial charge in [-0.1, -0.05) is 0 Å². The van der Waals surface area contributed by atoms with Crippen LogP contribution in [0.25, 0.3) is 10.4 Å². The van der Waals surface area contributed by atoms with Crippen LogP contribution in [0.2, 0.25) is 0 Å². The SMILES string of the molecule is [N-]=[N+]=NC(=O)CCC(=O)O. The van der Waals surface area contributed by atoms with E-state index in [1.54, 1.807) is 0 Å². The first kappa shape index (κ1) is 8.45. The molecule has 0 heterocycles. The topological polar surface area (TPSA) is 103 Å². The highest BCUT2D eigenvalue weighted by Gasteiger charge is 2.01. The first-order chi connectivity index (χ1) is 4.66. The lowest BCUT2D eigenvalue weighted by Gasteiger charge is -1.86. The Morgan fingerprint density at radius 3 is 2.50 bits per heavy atom. The van der Waals surface area contributed by atoms with Crippen molar-refractivity contribution in [1.82, 2.24) is 0 Å². The summed E-state index contributed by atoms with van der Waals surface area (Å²) in [5.74, 6) is -1.83. The van der Waals surface area contributed by atoms with Gasteiger partial charge in [0, 0.05) is 11.3 Å². The maximum absolute atomic E-state index is 10.3. The van der Waals surface area contributed by atoms with E-state index in [1.807, 2.05) is 0 Å². The highest BCUT2D eigenvalue weighted by atomic mass is 16.4. The number of carboxylic acids is 1. The zero-order valence-electron chi connectivity index (χ0n) is 5.02. The number of nitrogens with zero attached hydrogens (tertiary/aromatic N) is 3. The largest absolute Gasteiger partial charge is 0.481 e. The molecule has 0 unspecified atom stereocenters. The molecule has 0 aliphatic rings. The van der Waals surface area contributed by atoms with Gasteiger partial charge in [-0.15, -0.1) is 0 Å².